The van der Waals surface area contributed by atoms with Crippen molar-refractivity contribution in [2.24, 2.45) is 0 Å². The van der Waals surface area contributed by atoms with Crippen LogP contribution in [0.5, 0.6) is 11.5 Å². The van der Waals surface area contributed by atoms with Crippen LogP contribution in [-0.4, -0.2) is 13.2 Å². The van der Waals surface area contributed by atoms with Gasteiger partial charge in [0, 0.05) is 6.42 Å². The fourth-order valence-electron chi connectivity index (χ4n) is 1.67. The monoisotopic (exact) mass is 272 g/mol. The van der Waals surface area contributed by atoms with Crippen LogP contribution in [0, 0.1) is 5.82 Å². The standard InChI is InChI=1S/C17H17FO2/c1-2-14-4-8-16(9-5-14)19-12-3-13-20-17-10-6-15(18)7-11-17/h2,4-11H,1,3,12-13H2. The molecule has 2 nitrogen and oxygen atoms in total. The lowest BCUT2D eigenvalue weighted by molar-refractivity contribution is 0.247. The average molecular weight is 272 g/mol. The van der Waals surface area contributed by atoms with Crippen LogP contribution in [0.4, 0.5) is 4.39 Å². The Kier molecular flexibility index (Phi) is 5.18. The number of hydrogen-bond donors (Lipinski definition) is 0. The Labute approximate surface area is 118 Å². The van der Waals surface area contributed by atoms with Crippen LogP contribution in [-0.2, 0) is 0 Å². The Balaban J connectivity index is 1.65. The predicted octanol–water partition coefficient (Wildman–Crippen LogP) is 4.32. The highest BCUT2D eigenvalue weighted by atomic mass is 19.1. The van der Waals surface area contributed by atoms with Crippen molar-refractivity contribution in [1.82, 2.24) is 0 Å². The van der Waals surface area contributed by atoms with Gasteiger partial charge in [-0.25, -0.2) is 4.39 Å². The first kappa shape index (κ1) is 14.1. The number of hydrogen-bond acceptors (Lipinski definition) is 2. The maximum absolute atomic E-state index is 12.7. The molecule has 2 aromatic carbocycles. The lowest BCUT2D eigenvalue weighted by Gasteiger charge is -2.08. The number of ether oxygens (including phenoxy) is 2. The Bertz CT molecular complexity index is 532. The van der Waals surface area contributed by atoms with Crippen LogP contribution >= 0.6 is 0 Å². The second-order valence-corrected chi connectivity index (χ2v) is 4.28. The molecular formula is C17H17FO2. The van der Waals surface area contributed by atoms with Crippen molar-refractivity contribution < 1.29 is 13.9 Å². The molecule has 0 spiro atoms. The van der Waals surface area contributed by atoms with E-state index < -0.39 is 0 Å². The summed E-state index contributed by atoms with van der Waals surface area (Å²) in [7, 11) is 0. The van der Waals surface area contributed by atoms with Crippen molar-refractivity contribution in [1.29, 1.82) is 0 Å². The topological polar surface area (TPSA) is 18.5 Å². The predicted molar refractivity (Wildman–Crippen MR) is 78.5 cm³/mol. The summed E-state index contributed by atoms with van der Waals surface area (Å²) in [4.78, 5) is 0. The van der Waals surface area contributed by atoms with Gasteiger partial charge in [-0.2, -0.15) is 0 Å². The molecule has 0 aliphatic carbocycles. The van der Waals surface area contributed by atoms with E-state index in [4.69, 9.17) is 9.47 Å². The zero-order chi connectivity index (χ0) is 14.2. The summed E-state index contributed by atoms with van der Waals surface area (Å²) in [5.74, 6) is 1.24. The Morgan fingerprint density at radius 1 is 0.850 bits per heavy atom. The zero-order valence-electron chi connectivity index (χ0n) is 11.2. The normalized spacial score (nSPS) is 10.1. The summed E-state index contributed by atoms with van der Waals surface area (Å²) < 4.78 is 23.8. The molecule has 0 amide bonds. The van der Waals surface area contributed by atoms with E-state index in [2.05, 4.69) is 6.58 Å². The van der Waals surface area contributed by atoms with Crippen molar-refractivity contribution in [3.8, 4) is 11.5 Å². The lowest BCUT2D eigenvalue weighted by atomic mass is 10.2. The van der Waals surface area contributed by atoms with Crippen molar-refractivity contribution in [2.75, 3.05) is 13.2 Å². The van der Waals surface area contributed by atoms with Gasteiger partial charge < -0.3 is 9.47 Å². The minimum absolute atomic E-state index is 0.261. The molecule has 2 rings (SSSR count). The third-order valence-corrected chi connectivity index (χ3v) is 2.76. The van der Waals surface area contributed by atoms with E-state index in [1.54, 1.807) is 18.2 Å². The van der Waals surface area contributed by atoms with Gasteiger partial charge in [0.15, 0.2) is 0 Å². The van der Waals surface area contributed by atoms with E-state index in [1.165, 1.54) is 12.1 Å². The van der Waals surface area contributed by atoms with E-state index in [-0.39, 0.29) is 5.82 Å². The SMILES string of the molecule is C=Cc1ccc(OCCCOc2ccc(F)cc2)cc1. The molecule has 0 saturated carbocycles. The minimum Gasteiger partial charge on any atom is -0.493 e. The van der Waals surface area contributed by atoms with Crippen LogP contribution in [0.1, 0.15) is 12.0 Å². The molecule has 0 bridgehead atoms. The van der Waals surface area contributed by atoms with Crippen molar-refractivity contribution in [2.45, 2.75) is 6.42 Å². The third kappa shape index (κ3) is 4.43. The molecule has 0 fully saturated rings. The number of benzene rings is 2. The first-order valence-corrected chi connectivity index (χ1v) is 6.51. The summed E-state index contributed by atoms with van der Waals surface area (Å²) in [6.07, 6.45) is 2.56. The van der Waals surface area contributed by atoms with Gasteiger partial charge in [0.25, 0.3) is 0 Å². The van der Waals surface area contributed by atoms with Crippen LogP contribution in [0.2, 0.25) is 0 Å². The molecule has 0 N–H and O–H groups in total. The van der Waals surface area contributed by atoms with Gasteiger partial charge >= 0.3 is 0 Å². The van der Waals surface area contributed by atoms with Crippen molar-refractivity contribution in [3.63, 3.8) is 0 Å². The molecule has 2 aromatic rings. The molecule has 0 aliphatic heterocycles. The fourth-order valence-corrected chi connectivity index (χ4v) is 1.67. The van der Waals surface area contributed by atoms with Crippen molar-refractivity contribution in [3.05, 3.63) is 66.5 Å². The quantitative estimate of drug-likeness (QED) is 0.699. The third-order valence-electron chi connectivity index (χ3n) is 2.76. The van der Waals surface area contributed by atoms with E-state index in [0.29, 0.717) is 19.0 Å². The molecule has 0 heterocycles. The second-order valence-electron chi connectivity index (χ2n) is 4.28. The molecule has 0 radical (unpaired) electrons. The van der Waals surface area contributed by atoms with Gasteiger partial charge in [-0.15, -0.1) is 0 Å². The summed E-state index contributed by atoms with van der Waals surface area (Å²) in [5.41, 5.74) is 1.07. The summed E-state index contributed by atoms with van der Waals surface area (Å²) in [6, 6.07) is 13.7. The highest BCUT2D eigenvalue weighted by molar-refractivity contribution is 5.48. The molecule has 3 heteroatoms. The van der Waals surface area contributed by atoms with Gasteiger partial charge in [-0.3, -0.25) is 0 Å². The molecule has 0 aliphatic rings. The maximum atomic E-state index is 12.7. The Hall–Kier alpha value is -2.29. The molecular weight excluding hydrogens is 255 g/mol. The molecule has 0 saturated heterocycles. The summed E-state index contributed by atoms with van der Waals surface area (Å²) in [6.45, 7) is 4.82. The van der Waals surface area contributed by atoms with Crippen LogP contribution in [0.3, 0.4) is 0 Å². The average Bonchev–Trinajstić information content (AvgIpc) is 2.49. The lowest BCUT2D eigenvalue weighted by Crippen LogP contribution is -2.04. The van der Waals surface area contributed by atoms with Gasteiger partial charge in [0.2, 0.25) is 0 Å². The molecule has 20 heavy (non-hydrogen) atoms. The molecule has 0 atom stereocenters. The van der Waals surface area contributed by atoms with Gasteiger partial charge in [0.05, 0.1) is 13.2 Å². The number of rotatable bonds is 7. The summed E-state index contributed by atoms with van der Waals surface area (Å²) >= 11 is 0. The highest BCUT2D eigenvalue weighted by Crippen LogP contribution is 2.14. The Morgan fingerprint density at radius 2 is 1.35 bits per heavy atom. The summed E-state index contributed by atoms with van der Waals surface area (Å²) in [5, 5.41) is 0. The first-order chi connectivity index (χ1) is 9.78. The fraction of sp³-hybridized carbons (Fsp3) is 0.176. The van der Waals surface area contributed by atoms with Crippen molar-refractivity contribution >= 4 is 6.08 Å². The zero-order valence-corrected chi connectivity index (χ0v) is 11.2. The second kappa shape index (κ2) is 7.34. The van der Waals surface area contributed by atoms with Crippen LogP contribution < -0.4 is 9.47 Å². The van der Waals surface area contributed by atoms with Crippen LogP contribution in [0.25, 0.3) is 6.08 Å². The number of halogens is 1. The molecule has 104 valence electrons. The van der Waals surface area contributed by atoms with E-state index in [0.717, 1.165) is 17.7 Å². The Morgan fingerprint density at radius 3 is 1.85 bits per heavy atom. The first-order valence-electron chi connectivity index (χ1n) is 6.51. The maximum Gasteiger partial charge on any atom is 0.123 e. The van der Waals surface area contributed by atoms with Gasteiger partial charge in [-0.1, -0.05) is 24.8 Å². The largest absolute Gasteiger partial charge is 0.493 e. The molecule has 0 unspecified atom stereocenters. The van der Waals surface area contributed by atoms with E-state index in [9.17, 15) is 4.39 Å². The van der Waals surface area contributed by atoms with E-state index in [1.807, 2.05) is 24.3 Å². The van der Waals surface area contributed by atoms with Gasteiger partial charge in [0.1, 0.15) is 17.3 Å². The van der Waals surface area contributed by atoms with Gasteiger partial charge in [-0.05, 0) is 42.0 Å². The minimum atomic E-state index is -0.261. The molecule has 0 aromatic heterocycles. The van der Waals surface area contributed by atoms with E-state index >= 15 is 0 Å². The highest BCUT2D eigenvalue weighted by Gasteiger charge is 1.96. The van der Waals surface area contributed by atoms with Crippen LogP contribution in [0.15, 0.2) is 55.1 Å². The smallest absolute Gasteiger partial charge is 0.123 e.